The van der Waals surface area contributed by atoms with Crippen LogP contribution in [0.3, 0.4) is 0 Å². The number of piperidine rings is 1. The molecule has 1 aliphatic rings. The van der Waals surface area contributed by atoms with Crippen LogP contribution in [0.1, 0.15) is 66.3 Å². The third-order valence-corrected chi connectivity index (χ3v) is 6.52. The largest absolute Gasteiger partial charge is 0.366 e. The lowest BCUT2D eigenvalue weighted by atomic mass is 9.87. The summed E-state index contributed by atoms with van der Waals surface area (Å²) in [5.41, 5.74) is 3.31. The molecular formula is C29H32N4O4. The summed E-state index contributed by atoms with van der Waals surface area (Å²) in [5.74, 6) is -0.720. The zero-order valence-corrected chi connectivity index (χ0v) is 21.4. The molecule has 8 heteroatoms. The van der Waals surface area contributed by atoms with Crippen LogP contribution in [-0.2, 0) is 5.41 Å². The normalized spacial score (nSPS) is 13.6. The minimum absolute atomic E-state index is 0.00412. The fourth-order valence-corrected chi connectivity index (χ4v) is 4.42. The van der Waals surface area contributed by atoms with Gasteiger partial charge in [0.25, 0.3) is 17.5 Å². The van der Waals surface area contributed by atoms with Gasteiger partial charge in [-0.3, -0.25) is 19.7 Å². The van der Waals surface area contributed by atoms with E-state index < -0.39 is 10.8 Å². The first-order chi connectivity index (χ1) is 17.6. The van der Waals surface area contributed by atoms with Crippen LogP contribution in [0.2, 0.25) is 0 Å². The first kappa shape index (κ1) is 25.9. The van der Waals surface area contributed by atoms with E-state index in [0.717, 1.165) is 37.9 Å². The van der Waals surface area contributed by atoms with E-state index in [1.165, 1.54) is 6.07 Å². The Balaban J connectivity index is 1.46. The highest BCUT2D eigenvalue weighted by atomic mass is 16.6. The van der Waals surface area contributed by atoms with Gasteiger partial charge in [-0.05, 0) is 72.7 Å². The van der Waals surface area contributed by atoms with Crippen molar-refractivity contribution in [3.8, 4) is 0 Å². The first-order valence-electron chi connectivity index (χ1n) is 12.5. The van der Waals surface area contributed by atoms with Gasteiger partial charge in [0, 0.05) is 41.7 Å². The van der Waals surface area contributed by atoms with Crippen molar-refractivity contribution in [1.29, 1.82) is 0 Å². The second-order valence-electron chi connectivity index (χ2n) is 10.3. The maximum Gasteiger partial charge on any atom is 0.293 e. The zero-order valence-electron chi connectivity index (χ0n) is 21.4. The fourth-order valence-electron chi connectivity index (χ4n) is 4.42. The molecule has 0 atom stereocenters. The molecule has 2 N–H and O–H groups in total. The number of nitro groups is 1. The third kappa shape index (κ3) is 6.33. The molecule has 1 fully saturated rings. The lowest BCUT2D eigenvalue weighted by Gasteiger charge is -2.28. The van der Waals surface area contributed by atoms with Crippen molar-refractivity contribution in [2.24, 2.45) is 0 Å². The summed E-state index contributed by atoms with van der Waals surface area (Å²) >= 11 is 0. The third-order valence-electron chi connectivity index (χ3n) is 6.52. The number of carbonyl (C=O) groups excluding carboxylic acids is 2. The van der Waals surface area contributed by atoms with Crippen LogP contribution in [0.15, 0.2) is 66.7 Å². The Morgan fingerprint density at radius 2 is 1.38 bits per heavy atom. The molecule has 2 amide bonds. The monoisotopic (exact) mass is 500 g/mol. The van der Waals surface area contributed by atoms with Crippen molar-refractivity contribution in [3.63, 3.8) is 0 Å². The van der Waals surface area contributed by atoms with E-state index in [4.69, 9.17) is 0 Å². The molecule has 3 aromatic rings. The summed E-state index contributed by atoms with van der Waals surface area (Å²) in [4.78, 5) is 38.9. The van der Waals surface area contributed by atoms with Crippen LogP contribution >= 0.6 is 0 Å². The van der Waals surface area contributed by atoms with Crippen LogP contribution < -0.4 is 15.5 Å². The Kier molecular flexibility index (Phi) is 7.57. The molecule has 1 heterocycles. The van der Waals surface area contributed by atoms with Gasteiger partial charge < -0.3 is 15.5 Å². The molecule has 1 saturated heterocycles. The van der Waals surface area contributed by atoms with E-state index in [9.17, 15) is 19.7 Å². The Labute approximate surface area is 216 Å². The molecule has 192 valence electrons. The van der Waals surface area contributed by atoms with E-state index in [0.29, 0.717) is 22.6 Å². The average molecular weight is 501 g/mol. The van der Waals surface area contributed by atoms with Crippen molar-refractivity contribution in [1.82, 2.24) is 0 Å². The molecule has 0 unspecified atom stereocenters. The molecule has 3 aromatic carbocycles. The number of anilines is 3. The molecule has 0 saturated carbocycles. The fraction of sp³-hybridized carbons (Fsp3) is 0.310. The van der Waals surface area contributed by atoms with Crippen LogP contribution in [-0.4, -0.2) is 29.8 Å². The molecular weight excluding hydrogens is 468 g/mol. The molecule has 37 heavy (non-hydrogen) atoms. The van der Waals surface area contributed by atoms with Crippen LogP contribution in [0, 0.1) is 10.1 Å². The van der Waals surface area contributed by atoms with E-state index in [2.05, 4.69) is 31.4 Å². The smallest absolute Gasteiger partial charge is 0.293 e. The Morgan fingerprint density at radius 1 is 0.811 bits per heavy atom. The topological polar surface area (TPSA) is 105 Å². The van der Waals surface area contributed by atoms with Gasteiger partial charge in [0.1, 0.15) is 5.69 Å². The minimum Gasteiger partial charge on any atom is -0.366 e. The maximum atomic E-state index is 12.9. The molecule has 0 radical (unpaired) electrons. The highest BCUT2D eigenvalue weighted by Crippen LogP contribution is 2.31. The van der Waals surface area contributed by atoms with Crippen LogP contribution in [0.25, 0.3) is 0 Å². The van der Waals surface area contributed by atoms with Gasteiger partial charge in [0.15, 0.2) is 0 Å². The SMILES string of the molecule is CC(C)(C)c1ccc(C(=O)Nc2cccc(NC(=O)c3ccc(N4CCCCC4)c([N+](=O)[O-])c3)c2)cc1. The van der Waals surface area contributed by atoms with Crippen molar-refractivity contribution in [2.75, 3.05) is 28.6 Å². The second kappa shape index (κ2) is 10.8. The highest BCUT2D eigenvalue weighted by molar-refractivity contribution is 6.07. The number of nitrogens with zero attached hydrogens (tertiary/aromatic N) is 2. The maximum absolute atomic E-state index is 12.9. The molecule has 0 aliphatic carbocycles. The summed E-state index contributed by atoms with van der Waals surface area (Å²) in [5, 5.41) is 17.4. The summed E-state index contributed by atoms with van der Waals surface area (Å²) in [6.07, 6.45) is 3.11. The van der Waals surface area contributed by atoms with Crippen molar-refractivity contribution < 1.29 is 14.5 Å². The summed E-state index contributed by atoms with van der Waals surface area (Å²) < 4.78 is 0. The van der Waals surface area contributed by atoms with Gasteiger partial charge in [0.05, 0.1) is 4.92 Å². The van der Waals surface area contributed by atoms with Gasteiger partial charge in [-0.1, -0.05) is 39.0 Å². The number of hydrogen-bond acceptors (Lipinski definition) is 5. The van der Waals surface area contributed by atoms with Gasteiger partial charge in [-0.2, -0.15) is 0 Å². The molecule has 8 nitrogen and oxygen atoms in total. The number of benzene rings is 3. The second-order valence-corrected chi connectivity index (χ2v) is 10.3. The van der Waals surface area contributed by atoms with Gasteiger partial charge >= 0.3 is 0 Å². The first-order valence-corrected chi connectivity index (χ1v) is 12.5. The van der Waals surface area contributed by atoms with Crippen molar-refractivity contribution in [3.05, 3.63) is 93.5 Å². The molecule has 1 aliphatic heterocycles. The quantitative estimate of drug-likeness (QED) is 0.302. The molecule has 0 spiro atoms. The Bertz CT molecular complexity index is 1310. The average Bonchev–Trinajstić information content (AvgIpc) is 2.88. The lowest BCUT2D eigenvalue weighted by molar-refractivity contribution is -0.384. The molecule has 4 rings (SSSR count). The van der Waals surface area contributed by atoms with E-state index in [1.54, 1.807) is 48.5 Å². The van der Waals surface area contributed by atoms with Gasteiger partial charge in [0.2, 0.25) is 0 Å². The number of carbonyl (C=O) groups is 2. The summed E-state index contributed by atoms with van der Waals surface area (Å²) in [7, 11) is 0. The Morgan fingerprint density at radius 3 is 1.95 bits per heavy atom. The van der Waals surface area contributed by atoms with Crippen molar-refractivity contribution >= 4 is 34.6 Å². The van der Waals surface area contributed by atoms with E-state index in [1.807, 2.05) is 17.0 Å². The number of amides is 2. The number of nitrogens with one attached hydrogen (secondary N) is 2. The predicted molar refractivity (Wildman–Crippen MR) is 147 cm³/mol. The number of nitro benzene ring substituents is 1. The standard InChI is InChI=1S/C29H32N4O4/c1-29(2,3)22-13-10-20(11-14-22)27(34)30-23-8-7-9-24(19-23)31-28(35)21-12-15-25(26(18-21)33(36)37)32-16-5-4-6-17-32/h7-15,18-19H,4-6,16-17H2,1-3H3,(H,30,34)(H,31,35). The predicted octanol–water partition coefficient (Wildman–Crippen LogP) is 6.39. The molecule has 0 aromatic heterocycles. The summed E-state index contributed by atoms with van der Waals surface area (Å²) in [6, 6.07) is 18.9. The van der Waals surface area contributed by atoms with Gasteiger partial charge in [-0.15, -0.1) is 0 Å². The highest BCUT2D eigenvalue weighted by Gasteiger charge is 2.23. The Hall–Kier alpha value is -4.20. The van der Waals surface area contributed by atoms with Gasteiger partial charge in [-0.25, -0.2) is 0 Å². The van der Waals surface area contributed by atoms with E-state index >= 15 is 0 Å². The lowest BCUT2D eigenvalue weighted by Crippen LogP contribution is -2.30. The van der Waals surface area contributed by atoms with Crippen molar-refractivity contribution in [2.45, 2.75) is 45.4 Å². The zero-order chi connectivity index (χ0) is 26.6. The van der Waals surface area contributed by atoms with E-state index in [-0.39, 0.29) is 22.6 Å². The van der Waals surface area contributed by atoms with Crippen LogP contribution in [0.5, 0.6) is 0 Å². The number of rotatable bonds is 6. The summed E-state index contributed by atoms with van der Waals surface area (Å²) in [6.45, 7) is 7.88. The molecule has 0 bridgehead atoms. The minimum atomic E-state index is -0.463. The van der Waals surface area contributed by atoms with Crippen LogP contribution in [0.4, 0.5) is 22.7 Å². The number of hydrogen-bond donors (Lipinski definition) is 2.